The Bertz CT molecular complexity index is 1300. The van der Waals surface area contributed by atoms with Crippen molar-refractivity contribution in [2.24, 2.45) is 0 Å². The van der Waals surface area contributed by atoms with E-state index in [1.165, 1.54) is 5.56 Å². The van der Waals surface area contributed by atoms with Crippen LogP contribution < -0.4 is 15.4 Å². The molecule has 5 heterocycles. The molecule has 0 bridgehead atoms. The second-order valence-electron chi connectivity index (χ2n) is 8.93. The maximum Gasteiger partial charge on any atom is 0.253 e. The highest BCUT2D eigenvalue weighted by Gasteiger charge is 2.34. The molecule has 0 saturated carbocycles. The van der Waals surface area contributed by atoms with Crippen LogP contribution in [0, 0.1) is 0 Å². The number of nitrogens with zero attached hydrogens (tertiary/aromatic N) is 3. The molecule has 1 amide bonds. The smallest absolute Gasteiger partial charge is 0.253 e. The molecule has 3 aromatic heterocycles. The van der Waals surface area contributed by atoms with Gasteiger partial charge in [-0.3, -0.25) is 4.79 Å². The van der Waals surface area contributed by atoms with Crippen molar-refractivity contribution in [2.45, 2.75) is 52.0 Å². The van der Waals surface area contributed by atoms with Crippen LogP contribution in [0.2, 0.25) is 5.28 Å². The van der Waals surface area contributed by atoms with Crippen LogP contribution in [0.5, 0.6) is 11.8 Å². The molecule has 3 N–H and O–H groups in total. The molecular formula is C24H25ClN6O2. The normalized spacial score (nSPS) is 18.6. The third-order valence-electron chi connectivity index (χ3n) is 6.95. The number of carbonyl (C=O) groups excluding carboxylic acids is 1. The summed E-state index contributed by atoms with van der Waals surface area (Å²) < 4.78 is 6.33. The van der Waals surface area contributed by atoms with Crippen LogP contribution in [-0.4, -0.2) is 38.9 Å². The van der Waals surface area contributed by atoms with Gasteiger partial charge in [-0.15, -0.1) is 0 Å². The van der Waals surface area contributed by atoms with Gasteiger partial charge in [0, 0.05) is 55.0 Å². The van der Waals surface area contributed by atoms with Crippen molar-refractivity contribution in [3.05, 3.63) is 50.7 Å². The molecule has 0 aromatic carbocycles. The van der Waals surface area contributed by atoms with Crippen molar-refractivity contribution in [3.63, 3.8) is 0 Å². The van der Waals surface area contributed by atoms with E-state index in [2.05, 4.69) is 44.4 Å². The molecule has 3 aliphatic rings. The van der Waals surface area contributed by atoms with E-state index in [0.29, 0.717) is 24.8 Å². The third kappa shape index (κ3) is 3.23. The predicted octanol–water partition coefficient (Wildman–Crippen LogP) is 3.47. The lowest BCUT2D eigenvalue weighted by atomic mass is 9.85. The van der Waals surface area contributed by atoms with Crippen LogP contribution in [0.25, 0.3) is 11.3 Å². The van der Waals surface area contributed by atoms with Crippen LogP contribution in [-0.2, 0) is 32.2 Å². The van der Waals surface area contributed by atoms with Crippen molar-refractivity contribution in [2.75, 3.05) is 13.1 Å². The van der Waals surface area contributed by atoms with Gasteiger partial charge in [0.25, 0.3) is 5.91 Å². The summed E-state index contributed by atoms with van der Waals surface area (Å²) >= 11 is 6.20. The average Bonchev–Trinajstić information content (AvgIpc) is 3.22. The third-order valence-corrected chi connectivity index (χ3v) is 7.12. The number of aromatic amines is 1. The topological polar surface area (TPSA) is 105 Å². The molecule has 0 saturated heterocycles. The van der Waals surface area contributed by atoms with E-state index < -0.39 is 0 Å². The van der Waals surface area contributed by atoms with Crippen molar-refractivity contribution in [3.8, 4) is 23.0 Å². The molecule has 33 heavy (non-hydrogen) atoms. The maximum absolute atomic E-state index is 12.7. The molecule has 170 valence electrons. The minimum absolute atomic E-state index is 0.0161. The molecule has 1 aliphatic carbocycles. The number of aryl methyl sites for hydroxylation is 1. The quantitative estimate of drug-likeness (QED) is 0.513. The number of aromatic nitrogens is 4. The van der Waals surface area contributed by atoms with Gasteiger partial charge in [-0.25, -0.2) is 9.97 Å². The first kappa shape index (κ1) is 20.6. The Labute approximate surface area is 196 Å². The van der Waals surface area contributed by atoms with Crippen LogP contribution in [0.4, 0.5) is 0 Å². The van der Waals surface area contributed by atoms with E-state index in [4.69, 9.17) is 16.3 Å². The molecule has 6 rings (SSSR count). The number of hydrogen-bond donors (Lipinski definition) is 3. The zero-order chi connectivity index (χ0) is 22.7. The standard InChI is InChI=1S/C24H25ClN6O2/c1-3-13-17-12(4-5-14-18-19(30-20(14)17)11(2)8-27-21(18)32)9-28-22(13)33-23-15-10-26-7-6-16(15)29-24(25)31-23/h9,11,26,30H,3-8,10H2,1-2H3,(H,27,32)/t11-/m0/s1. The summed E-state index contributed by atoms with van der Waals surface area (Å²) in [6, 6.07) is 0. The van der Waals surface area contributed by atoms with Crippen LogP contribution in [0.3, 0.4) is 0 Å². The minimum atomic E-state index is 0.0161. The van der Waals surface area contributed by atoms with E-state index in [9.17, 15) is 4.79 Å². The summed E-state index contributed by atoms with van der Waals surface area (Å²) in [6.45, 7) is 6.37. The molecule has 3 aromatic rings. The molecule has 2 aliphatic heterocycles. The first-order valence-corrected chi connectivity index (χ1v) is 11.9. The van der Waals surface area contributed by atoms with Crippen LogP contribution in [0.15, 0.2) is 6.20 Å². The highest BCUT2D eigenvalue weighted by atomic mass is 35.5. The number of nitrogens with one attached hydrogen (secondary N) is 3. The first-order valence-electron chi connectivity index (χ1n) is 11.5. The summed E-state index contributed by atoms with van der Waals surface area (Å²) in [7, 11) is 0. The van der Waals surface area contributed by atoms with Gasteiger partial charge in [0.15, 0.2) is 0 Å². The summed E-state index contributed by atoms with van der Waals surface area (Å²) in [5.74, 6) is 1.24. The fourth-order valence-electron chi connectivity index (χ4n) is 5.30. The Morgan fingerprint density at radius 1 is 1.15 bits per heavy atom. The lowest BCUT2D eigenvalue weighted by Gasteiger charge is -2.23. The fraction of sp³-hybridized carbons (Fsp3) is 0.417. The molecule has 9 heteroatoms. The van der Waals surface area contributed by atoms with Gasteiger partial charge in [0.1, 0.15) is 0 Å². The van der Waals surface area contributed by atoms with E-state index in [1.54, 1.807) is 0 Å². The SMILES string of the molecule is CCc1c(Oc2nc(Cl)nc3c2CNCC3)ncc2c1-c1[nH]c3c(c1CC2)C(=O)NC[C@@H]3C. The summed E-state index contributed by atoms with van der Waals surface area (Å²) in [6.07, 6.45) is 5.07. The van der Waals surface area contributed by atoms with Crippen molar-refractivity contribution >= 4 is 17.5 Å². The summed E-state index contributed by atoms with van der Waals surface area (Å²) in [4.78, 5) is 29.8. The number of pyridine rings is 1. The number of fused-ring (bicyclic) bond motifs is 6. The molecular weight excluding hydrogens is 440 g/mol. The number of ether oxygens (including phenoxy) is 1. The van der Waals surface area contributed by atoms with Crippen molar-refractivity contribution in [1.29, 1.82) is 0 Å². The number of hydrogen-bond acceptors (Lipinski definition) is 6. The van der Waals surface area contributed by atoms with Crippen molar-refractivity contribution < 1.29 is 9.53 Å². The van der Waals surface area contributed by atoms with Crippen molar-refractivity contribution in [1.82, 2.24) is 30.6 Å². The van der Waals surface area contributed by atoms with E-state index >= 15 is 0 Å². The minimum Gasteiger partial charge on any atom is -0.420 e. The second kappa shape index (κ2) is 7.81. The number of amides is 1. The van der Waals surface area contributed by atoms with Gasteiger partial charge in [0.05, 0.1) is 22.5 Å². The Balaban J connectivity index is 1.49. The first-order chi connectivity index (χ1) is 16.0. The monoisotopic (exact) mass is 464 g/mol. The number of H-pyrrole nitrogens is 1. The Morgan fingerprint density at radius 3 is 2.88 bits per heavy atom. The summed E-state index contributed by atoms with van der Waals surface area (Å²) in [5.41, 5.74) is 9.09. The Morgan fingerprint density at radius 2 is 2.03 bits per heavy atom. The lowest BCUT2D eigenvalue weighted by Crippen LogP contribution is -2.34. The highest BCUT2D eigenvalue weighted by molar-refractivity contribution is 6.28. The van der Waals surface area contributed by atoms with E-state index in [1.807, 2.05) is 6.20 Å². The average molecular weight is 465 g/mol. The lowest BCUT2D eigenvalue weighted by molar-refractivity contribution is 0.0940. The molecule has 0 spiro atoms. The molecule has 0 radical (unpaired) electrons. The van der Waals surface area contributed by atoms with Crippen LogP contribution >= 0.6 is 11.6 Å². The fourth-order valence-corrected chi connectivity index (χ4v) is 5.48. The highest BCUT2D eigenvalue weighted by Crippen LogP contribution is 2.43. The molecule has 1 atom stereocenters. The number of carbonyl (C=O) groups is 1. The Kier molecular flexibility index (Phi) is 4.88. The van der Waals surface area contributed by atoms with Crippen LogP contribution in [0.1, 0.15) is 63.8 Å². The van der Waals surface area contributed by atoms with Gasteiger partial charge in [-0.2, -0.15) is 4.98 Å². The summed E-state index contributed by atoms with van der Waals surface area (Å²) in [5, 5.41) is 6.56. The number of halogens is 1. The second-order valence-corrected chi connectivity index (χ2v) is 9.26. The predicted molar refractivity (Wildman–Crippen MR) is 124 cm³/mol. The van der Waals surface area contributed by atoms with E-state index in [0.717, 1.165) is 77.1 Å². The largest absolute Gasteiger partial charge is 0.420 e. The van der Waals surface area contributed by atoms with Gasteiger partial charge in [0.2, 0.25) is 17.0 Å². The van der Waals surface area contributed by atoms with Gasteiger partial charge in [-0.05, 0) is 42.0 Å². The van der Waals surface area contributed by atoms with Gasteiger partial charge < -0.3 is 20.4 Å². The number of rotatable bonds is 3. The van der Waals surface area contributed by atoms with E-state index in [-0.39, 0.29) is 17.1 Å². The molecule has 8 nitrogen and oxygen atoms in total. The van der Waals surface area contributed by atoms with Gasteiger partial charge in [-0.1, -0.05) is 13.8 Å². The zero-order valence-electron chi connectivity index (χ0n) is 18.6. The van der Waals surface area contributed by atoms with Gasteiger partial charge >= 0.3 is 0 Å². The molecule has 0 unspecified atom stereocenters. The molecule has 0 fully saturated rings. The Hall–Kier alpha value is -2.97. The maximum atomic E-state index is 12.7. The zero-order valence-corrected chi connectivity index (χ0v) is 19.4.